The van der Waals surface area contributed by atoms with Gasteiger partial charge in [-0.05, 0) is 37.1 Å². The first-order valence-electron chi connectivity index (χ1n) is 7.45. The molecule has 0 radical (unpaired) electrons. The lowest BCUT2D eigenvalue weighted by atomic mass is 9.98. The van der Waals surface area contributed by atoms with E-state index in [1.165, 1.54) is 0 Å². The molecule has 1 amide bonds. The lowest BCUT2D eigenvalue weighted by Gasteiger charge is -2.33. The molecule has 5 heteroatoms. The van der Waals surface area contributed by atoms with Crippen LogP contribution in [0.2, 0.25) is 0 Å². The van der Waals surface area contributed by atoms with Crippen LogP contribution in [0.25, 0.3) is 10.9 Å². The summed E-state index contributed by atoms with van der Waals surface area (Å²) in [6.07, 6.45) is 0.753. The van der Waals surface area contributed by atoms with E-state index >= 15 is 0 Å². The average molecular weight is 300 g/mol. The third-order valence-corrected chi connectivity index (χ3v) is 4.51. The number of rotatable bonds is 1. The zero-order valence-corrected chi connectivity index (χ0v) is 13.3. The molecule has 0 bridgehead atoms. The Morgan fingerprint density at radius 1 is 1.23 bits per heavy atom. The summed E-state index contributed by atoms with van der Waals surface area (Å²) in [4.78, 5) is 25.8. The third-order valence-electron chi connectivity index (χ3n) is 4.51. The first kappa shape index (κ1) is 14.6. The summed E-state index contributed by atoms with van der Waals surface area (Å²) in [7, 11) is 1.63. The van der Waals surface area contributed by atoms with Gasteiger partial charge in [0.05, 0.1) is 24.4 Å². The maximum atomic E-state index is 12.2. The average Bonchev–Trinajstić information content (AvgIpc) is 2.81. The van der Waals surface area contributed by atoms with Gasteiger partial charge in [-0.3, -0.25) is 14.2 Å². The molecule has 22 heavy (non-hydrogen) atoms. The minimum atomic E-state index is -0.108. The number of amides is 1. The van der Waals surface area contributed by atoms with Crippen molar-refractivity contribution in [3.63, 3.8) is 0 Å². The minimum absolute atomic E-state index is 0.0336. The molecular weight excluding hydrogens is 280 g/mol. The van der Waals surface area contributed by atoms with Crippen molar-refractivity contribution in [2.45, 2.75) is 33.2 Å². The molecule has 0 spiro atoms. The highest BCUT2D eigenvalue weighted by Crippen LogP contribution is 2.38. The Morgan fingerprint density at radius 3 is 2.55 bits per heavy atom. The molecule has 0 aliphatic carbocycles. The quantitative estimate of drug-likeness (QED) is 0.813. The van der Waals surface area contributed by atoms with Gasteiger partial charge in [-0.2, -0.15) is 0 Å². The lowest BCUT2D eigenvalue weighted by Crippen LogP contribution is -2.38. The van der Waals surface area contributed by atoms with Crippen molar-refractivity contribution < 1.29 is 14.3 Å². The van der Waals surface area contributed by atoms with Gasteiger partial charge in [0.2, 0.25) is 11.8 Å². The predicted octanol–water partition coefficient (Wildman–Crippen LogP) is 2.78. The summed E-state index contributed by atoms with van der Waals surface area (Å²) in [6, 6.07) is 5.65. The molecule has 1 aliphatic rings. The van der Waals surface area contributed by atoms with Gasteiger partial charge in [-0.15, -0.1) is 0 Å². The van der Waals surface area contributed by atoms with Crippen LogP contribution in [0.4, 0.5) is 0 Å². The Hall–Kier alpha value is -2.30. The van der Waals surface area contributed by atoms with E-state index < -0.39 is 0 Å². The van der Waals surface area contributed by atoms with Gasteiger partial charge in [-0.25, -0.2) is 0 Å². The zero-order chi connectivity index (χ0) is 16.0. The van der Waals surface area contributed by atoms with E-state index in [9.17, 15) is 9.59 Å². The SMILES string of the molecule is COc1ccc2c(c1)c1c(n2C(C)=O)C(C)N(C(C)=O)CC1. The third kappa shape index (κ3) is 2.00. The summed E-state index contributed by atoms with van der Waals surface area (Å²) < 4.78 is 7.05. The fourth-order valence-electron chi connectivity index (χ4n) is 3.53. The highest BCUT2D eigenvalue weighted by molar-refractivity contribution is 5.96. The van der Waals surface area contributed by atoms with Crippen LogP contribution in [0.3, 0.4) is 0 Å². The fourth-order valence-corrected chi connectivity index (χ4v) is 3.53. The molecule has 1 aromatic heterocycles. The predicted molar refractivity (Wildman–Crippen MR) is 84.3 cm³/mol. The summed E-state index contributed by atoms with van der Waals surface area (Å²) in [5, 5.41) is 1.04. The lowest BCUT2D eigenvalue weighted by molar-refractivity contribution is -0.131. The van der Waals surface area contributed by atoms with Crippen LogP contribution in [0.15, 0.2) is 18.2 Å². The van der Waals surface area contributed by atoms with E-state index in [2.05, 4.69) is 0 Å². The molecule has 3 rings (SSSR count). The van der Waals surface area contributed by atoms with Crippen LogP contribution >= 0.6 is 0 Å². The molecule has 1 aromatic carbocycles. The van der Waals surface area contributed by atoms with Crippen LogP contribution in [0.1, 0.15) is 42.9 Å². The highest BCUT2D eigenvalue weighted by Gasteiger charge is 2.32. The second-order valence-corrected chi connectivity index (χ2v) is 5.74. The van der Waals surface area contributed by atoms with E-state index in [0.717, 1.165) is 34.3 Å². The molecule has 1 atom stereocenters. The second-order valence-electron chi connectivity index (χ2n) is 5.74. The summed E-state index contributed by atoms with van der Waals surface area (Å²) in [6.45, 7) is 5.79. The Kier molecular flexibility index (Phi) is 3.43. The Balaban J connectivity index is 2.31. The van der Waals surface area contributed by atoms with E-state index in [-0.39, 0.29) is 17.9 Å². The van der Waals surface area contributed by atoms with Crippen molar-refractivity contribution in [2.75, 3.05) is 13.7 Å². The number of fused-ring (bicyclic) bond motifs is 3. The van der Waals surface area contributed by atoms with E-state index in [1.807, 2.05) is 30.0 Å². The number of ether oxygens (including phenoxy) is 1. The number of carbonyl (C=O) groups is 2. The van der Waals surface area contributed by atoms with Gasteiger partial charge in [0, 0.05) is 25.8 Å². The van der Waals surface area contributed by atoms with Gasteiger partial charge < -0.3 is 9.64 Å². The minimum Gasteiger partial charge on any atom is -0.497 e. The van der Waals surface area contributed by atoms with Crippen molar-refractivity contribution in [1.29, 1.82) is 0 Å². The largest absolute Gasteiger partial charge is 0.497 e. The van der Waals surface area contributed by atoms with Crippen LogP contribution in [0.5, 0.6) is 5.75 Å². The molecule has 0 fully saturated rings. The van der Waals surface area contributed by atoms with Gasteiger partial charge in [0.25, 0.3) is 0 Å². The Bertz CT molecular complexity index is 776. The van der Waals surface area contributed by atoms with Gasteiger partial charge >= 0.3 is 0 Å². The van der Waals surface area contributed by atoms with Crippen molar-refractivity contribution >= 4 is 22.7 Å². The van der Waals surface area contributed by atoms with Crippen molar-refractivity contribution in [1.82, 2.24) is 9.47 Å². The van der Waals surface area contributed by atoms with Crippen LogP contribution in [0, 0.1) is 0 Å². The summed E-state index contributed by atoms with van der Waals surface area (Å²) >= 11 is 0. The monoisotopic (exact) mass is 300 g/mol. The van der Waals surface area contributed by atoms with Gasteiger partial charge in [0.1, 0.15) is 5.75 Å². The molecule has 5 nitrogen and oxygen atoms in total. The van der Waals surface area contributed by atoms with E-state index in [1.54, 1.807) is 25.5 Å². The van der Waals surface area contributed by atoms with E-state index in [4.69, 9.17) is 4.74 Å². The number of carbonyl (C=O) groups excluding carboxylic acids is 2. The van der Waals surface area contributed by atoms with Crippen LogP contribution in [-0.2, 0) is 11.2 Å². The molecule has 1 unspecified atom stereocenters. The van der Waals surface area contributed by atoms with Crippen LogP contribution < -0.4 is 4.74 Å². The number of aromatic nitrogens is 1. The fraction of sp³-hybridized carbons (Fsp3) is 0.412. The number of hydrogen-bond donors (Lipinski definition) is 0. The molecule has 2 aromatic rings. The van der Waals surface area contributed by atoms with Gasteiger partial charge in [-0.1, -0.05) is 0 Å². The Labute approximate surface area is 129 Å². The molecule has 116 valence electrons. The summed E-state index contributed by atoms with van der Waals surface area (Å²) in [5.41, 5.74) is 2.96. The zero-order valence-electron chi connectivity index (χ0n) is 13.3. The highest BCUT2D eigenvalue weighted by atomic mass is 16.5. The number of nitrogens with zero attached hydrogens (tertiary/aromatic N) is 2. The van der Waals surface area contributed by atoms with E-state index in [0.29, 0.717) is 6.54 Å². The first-order valence-corrected chi connectivity index (χ1v) is 7.45. The molecule has 2 heterocycles. The Morgan fingerprint density at radius 2 is 1.95 bits per heavy atom. The second kappa shape index (κ2) is 5.16. The van der Waals surface area contributed by atoms with Gasteiger partial charge in [0.15, 0.2) is 0 Å². The topological polar surface area (TPSA) is 51.5 Å². The first-order chi connectivity index (χ1) is 10.5. The van der Waals surface area contributed by atoms with Crippen molar-refractivity contribution in [2.24, 2.45) is 0 Å². The summed E-state index contributed by atoms with van der Waals surface area (Å²) in [5.74, 6) is 0.780. The maximum Gasteiger partial charge on any atom is 0.228 e. The molecule has 0 saturated heterocycles. The number of hydrogen-bond acceptors (Lipinski definition) is 3. The molecule has 1 aliphatic heterocycles. The standard InChI is InChI=1S/C17H20N2O3/c1-10-17-14(7-8-18(10)11(2)20)15-9-13(22-4)5-6-16(15)19(17)12(3)21/h5-6,9-10H,7-8H2,1-4H3. The smallest absolute Gasteiger partial charge is 0.228 e. The number of methoxy groups -OCH3 is 1. The van der Waals surface area contributed by atoms with Crippen molar-refractivity contribution in [3.05, 3.63) is 29.5 Å². The molecule has 0 saturated carbocycles. The molecule has 0 N–H and O–H groups in total. The van der Waals surface area contributed by atoms with Crippen molar-refractivity contribution in [3.8, 4) is 5.75 Å². The normalized spacial score (nSPS) is 17.5. The maximum absolute atomic E-state index is 12.2. The van der Waals surface area contributed by atoms with Crippen LogP contribution in [-0.4, -0.2) is 34.9 Å². The number of benzene rings is 1. The molecular formula is C17H20N2O3.